The number of benzene rings is 2. The molecule has 5 nitrogen and oxygen atoms in total. The van der Waals surface area contributed by atoms with Crippen LogP contribution in [0.25, 0.3) is 22.4 Å². The number of carboxylic acids is 1. The summed E-state index contributed by atoms with van der Waals surface area (Å²) in [6, 6.07) is 15.4. The van der Waals surface area contributed by atoms with Gasteiger partial charge in [-0.1, -0.05) is 48.2 Å². The second-order valence-corrected chi connectivity index (χ2v) is 4.48. The molecule has 0 amide bonds. The van der Waals surface area contributed by atoms with E-state index >= 15 is 0 Å². The van der Waals surface area contributed by atoms with Crippen molar-refractivity contribution in [2.75, 3.05) is 0 Å². The number of hydrogen-bond donors (Lipinski definition) is 2. The topological polar surface area (TPSA) is 89.0 Å². The number of fused-ring (bicyclic) bond motifs is 1. The number of carbonyl (C=O) groups is 1. The number of hydrogen-bond acceptors (Lipinski definition) is 3. The quantitative estimate of drug-likeness (QED) is 0.566. The summed E-state index contributed by atoms with van der Waals surface area (Å²) in [5.74, 6) is -1.80. The minimum Gasteiger partial charge on any atom is -0.871 e. The second-order valence-electron chi connectivity index (χ2n) is 4.48. The molecule has 0 fully saturated rings. The zero-order valence-electron chi connectivity index (χ0n) is 10.9. The van der Waals surface area contributed by atoms with Crippen LogP contribution in [0.5, 0.6) is 0 Å². The number of nitrogens with one attached hydrogen (secondary N) is 1. The Morgan fingerprint density at radius 1 is 1.05 bits per heavy atom. The van der Waals surface area contributed by atoms with E-state index < -0.39 is 11.7 Å². The second kappa shape index (κ2) is 5.13. The van der Waals surface area contributed by atoms with Gasteiger partial charge in [0.15, 0.2) is 0 Å². The van der Waals surface area contributed by atoms with Gasteiger partial charge in [0.2, 0.25) is 0 Å². The molecule has 5 heteroatoms. The van der Waals surface area contributed by atoms with Crippen LogP contribution >= 0.6 is 0 Å². The lowest BCUT2D eigenvalue weighted by Crippen LogP contribution is -2.13. The van der Waals surface area contributed by atoms with Crippen molar-refractivity contribution >= 4 is 28.3 Å². The minimum absolute atomic E-state index is 0.0672. The Balaban J connectivity index is 2.20. The maximum absolute atomic E-state index is 12.4. The summed E-state index contributed by atoms with van der Waals surface area (Å²) in [5, 5.41) is 21.8. The SMILES string of the molecule is O=C(O)/C(=C(/[O-])c1ccccc1)c1nc2ccccc2[nH]1. The zero-order chi connectivity index (χ0) is 14.8. The first-order valence-electron chi connectivity index (χ1n) is 6.32. The molecular weight excluding hydrogens is 268 g/mol. The molecular formula is C16H11N2O3-. The van der Waals surface area contributed by atoms with Crippen LogP contribution in [0.3, 0.4) is 0 Å². The molecule has 0 atom stereocenters. The molecule has 0 saturated carbocycles. The fourth-order valence-corrected chi connectivity index (χ4v) is 2.11. The Morgan fingerprint density at radius 2 is 1.71 bits per heavy atom. The van der Waals surface area contributed by atoms with Crippen molar-refractivity contribution < 1.29 is 15.0 Å². The van der Waals surface area contributed by atoms with Gasteiger partial charge in [-0.2, -0.15) is 0 Å². The maximum atomic E-state index is 12.4. The summed E-state index contributed by atoms with van der Waals surface area (Å²) in [7, 11) is 0. The molecule has 3 rings (SSSR count). The fraction of sp³-hybridized carbons (Fsp3) is 0. The molecule has 0 saturated heterocycles. The smallest absolute Gasteiger partial charge is 0.338 e. The van der Waals surface area contributed by atoms with Crippen molar-refractivity contribution in [2.45, 2.75) is 0 Å². The Labute approximate surface area is 120 Å². The summed E-state index contributed by atoms with van der Waals surface area (Å²) >= 11 is 0. The van der Waals surface area contributed by atoms with Crippen molar-refractivity contribution in [3.63, 3.8) is 0 Å². The molecule has 3 aromatic rings. The van der Waals surface area contributed by atoms with E-state index in [9.17, 15) is 15.0 Å². The molecule has 0 radical (unpaired) electrons. The normalized spacial score (nSPS) is 12.2. The van der Waals surface area contributed by atoms with Gasteiger partial charge in [-0.3, -0.25) is 0 Å². The molecule has 0 spiro atoms. The molecule has 0 aliphatic carbocycles. The Kier molecular flexibility index (Phi) is 3.16. The number of aromatic nitrogens is 2. The predicted octanol–water partition coefficient (Wildman–Crippen LogP) is 1.88. The third-order valence-corrected chi connectivity index (χ3v) is 3.10. The summed E-state index contributed by atoms with van der Waals surface area (Å²) in [6.07, 6.45) is 0. The maximum Gasteiger partial charge on any atom is 0.338 e. The predicted molar refractivity (Wildman–Crippen MR) is 77.0 cm³/mol. The van der Waals surface area contributed by atoms with Crippen LogP contribution in [0.1, 0.15) is 11.4 Å². The van der Waals surface area contributed by atoms with Gasteiger partial charge in [0.05, 0.1) is 16.6 Å². The lowest BCUT2D eigenvalue weighted by Gasteiger charge is -2.15. The standard InChI is InChI=1S/C16H12N2O3/c19-14(10-6-2-1-3-7-10)13(16(20)21)15-17-11-8-4-5-9-12(11)18-15/h1-9,19H,(H,17,18)(H,20,21)/p-1/b14-13+. The largest absolute Gasteiger partial charge is 0.871 e. The molecule has 21 heavy (non-hydrogen) atoms. The lowest BCUT2D eigenvalue weighted by atomic mass is 10.1. The molecule has 0 aliphatic heterocycles. The number of para-hydroxylation sites is 2. The van der Waals surface area contributed by atoms with E-state index in [1.54, 1.807) is 48.5 Å². The number of imidazole rings is 1. The average Bonchev–Trinajstić information content (AvgIpc) is 2.91. The number of rotatable bonds is 3. The highest BCUT2D eigenvalue weighted by atomic mass is 16.4. The first-order chi connectivity index (χ1) is 10.2. The van der Waals surface area contributed by atoms with Crippen LogP contribution in [0, 0.1) is 0 Å². The number of aliphatic carboxylic acids is 1. The van der Waals surface area contributed by atoms with Crippen LogP contribution in [0.2, 0.25) is 0 Å². The van der Waals surface area contributed by atoms with Crippen molar-refractivity contribution in [2.24, 2.45) is 0 Å². The van der Waals surface area contributed by atoms with Gasteiger partial charge < -0.3 is 15.2 Å². The molecule has 1 aromatic heterocycles. The number of nitrogens with zero attached hydrogens (tertiary/aromatic N) is 1. The van der Waals surface area contributed by atoms with Crippen LogP contribution in [0.4, 0.5) is 0 Å². The van der Waals surface area contributed by atoms with Crippen LogP contribution in [0.15, 0.2) is 54.6 Å². The highest BCUT2D eigenvalue weighted by Gasteiger charge is 2.16. The van der Waals surface area contributed by atoms with Crippen LogP contribution < -0.4 is 5.11 Å². The van der Waals surface area contributed by atoms with Gasteiger partial charge in [0, 0.05) is 0 Å². The van der Waals surface area contributed by atoms with E-state index in [2.05, 4.69) is 9.97 Å². The third kappa shape index (κ3) is 2.36. The van der Waals surface area contributed by atoms with E-state index in [0.29, 0.717) is 16.6 Å². The number of aromatic amines is 1. The van der Waals surface area contributed by atoms with E-state index in [-0.39, 0.29) is 11.4 Å². The third-order valence-electron chi connectivity index (χ3n) is 3.10. The molecule has 0 unspecified atom stereocenters. The van der Waals surface area contributed by atoms with E-state index in [4.69, 9.17) is 0 Å². The van der Waals surface area contributed by atoms with E-state index in [0.717, 1.165) is 0 Å². The molecule has 1 heterocycles. The van der Waals surface area contributed by atoms with Gasteiger partial charge in [0.25, 0.3) is 0 Å². The van der Waals surface area contributed by atoms with Crippen LogP contribution in [-0.2, 0) is 4.79 Å². The summed E-state index contributed by atoms with van der Waals surface area (Å²) < 4.78 is 0. The Hall–Kier alpha value is -3.08. The summed E-state index contributed by atoms with van der Waals surface area (Å²) in [4.78, 5) is 18.5. The lowest BCUT2D eigenvalue weighted by molar-refractivity contribution is -0.243. The highest BCUT2D eigenvalue weighted by Crippen LogP contribution is 2.23. The number of H-pyrrole nitrogens is 1. The van der Waals surface area contributed by atoms with Crippen molar-refractivity contribution in [1.82, 2.24) is 9.97 Å². The first kappa shape index (κ1) is 12.9. The molecule has 104 valence electrons. The molecule has 2 aromatic carbocycles. The first-order valence-corrected chi connectivity index (χ1v) is 6.32. The van der Waals surface area contributed by atoms with Gasteiger partial charge in [-0.05, 0) is 17.7 Å². The average molecular weight is 279 g/mol. The van der Waals surface area contributed by atoms with Gasteiger partial charge in [0.1, 0.15) is 5.82 Å². The number of carboxylic acid groups (broad SMARTS) is 1. The molecule has 0 bridgehead atoms. The van der Waals surface area contributed by atoms with Crippen molar-refractivity contribution in [3.05, 3.63) is 66.0 Å². The Bertz CT molecular complexity index is 802. The summed E-state index contributed by atoms with van der Waals surface area (Å²) in [5.41, 5.74) is 1.26. The Morgan fingerprint density at radius 3 is 2.38 bits per heavy atom. The molecule has 2 N–H and O–H groups in total. The van der Waals surface area contributed by atoms with Gasteiger partial charge in [-0.15, -0.1) is 0 Å². The van der Waals surface area contributed by atoms with Crippen molar-refractivity contribution in [1.29, 1.82) is 0 Å². The van der Waals surface area contributed by atoms with E-state index in [1.165, 1.54) is 0 Å². The zero-order valence-corrected chi connectivity index (χ0v) is 10.9. The minimum atomic E-state index is -1.30. The van der Waals surface area contributed by atoms with Gasteiger partial charge >= 0.3 is 5.97 Å². The van der Waals surface area contributed by atoms with Gasteiger partial charge in [-0.25, -0.2) is 9.78 Å². The molecule has 0 aliphatic rings. The highest BCUT2D eigenvalue weighted by molar-refractivity contribution is 6.21. The summed E-state index contributed by atoms with van der Waals surface area (Å²) in [6.45, 7) is 0. The monoisotopic (exact) mass is 279 g/mol. The fourth-order valence-electron chi connectivity index (χ4n) is 2.11. The van der Waals surface area contributed by atoms with Crippen LogP contribution in [-0.4, -0.2) is 21.0 Å². The van der Waals surface area contributed by atoms with Crippen molar-refractivity contribution in [3.8, 4) is 0 Å². The van der Waals surface area contributed by atoms with E-state index in [1.807, 2.05) is 6.07 Å².